The summed E-state index contributed by atoms with van der Waals surface area (Å²) in [5.41, 5.74) is 1.72. The molecule has 180 valence electrons. The largest absolute Gasteiger partial charge is 0.455 e. The number of halogens is 1. The standard InChI is InChI=1S/C26H29FN2O4S/c1-5-29(6-2)34(31,32)23-15-16-25(33-22-13-11-21(27)12-14-22)24(17-23)28-26(30)20-9-7-19(8-10-20)18(3)4/h7-18H,5-6H2,1-4H3,(H,28,30). The molecule has 3 aromatic carbocycles. The predicted octanol–water partition coefficient (Wildman–Crippen LogP) is 6.02. The van der Waals surface area contributed by atoms with E-state index in [0.717, 1.165) is 5.56 Å². The predicted molar refractivity (Wildman–Crippen MR) is 132 cm³/mol. The molecule has 3 rings (SSSR count). The minimum Gasteiger partial charge on any atom is -0.455 e. The number of nitrogens with one attached hydrogen (secondary N) is 1. The van der Waals surface area contributed by atoms with E-state index in [0.29, 0.717) is 30.3 Å². The number of hydrogen-bond donors (Lipinski definition) is 1. The second-order valence-electron chi connectivity index (χ2n) is 8.03. The molecule has 1 N–H and O–H groups in total. The smallest absolute Gasteiger partial charge is 0.255 e. The lowest BCUT2D eigenvalue weighted by Crippen LogP contribution is -2.30. The van der Waals surface area contributed by atoms with Crippen molar-refractivity contribution in [1.82, 2.24) is 4.31 Å². The first-order valence-corrected chi connectivity index (χ1v) is 12.6. The van der Waals surface area contributed by atoms with Gasteiger partial charge in [0, 0.05) is 18.7 Å². The maximum atomic E-state index is 13.3. The van der Waals surface area contributed by atoms with Crippen LogP contribution in [0.15, 0.2) is 71.6 Å². The van der Waals surface area contributed by atoms with Gasteiger partial charge in [-0.15, -0.1) is 0 Å². The molecule has 0 spiro atoms. The molecule has 0 unspecified atom stereocenters. The van der Waals surface area contributed by atoms with Crippen LogP contribution in [0.3, 0.4) is 0 Å². The van der Waals surface area contributed by atoms with Gasteiger partial charge in [-0.05, 0) is 66.1 Å². The van der Waals surface area contributed by atoms with E-state index in [2.05, 4.69) is 19.2 Å². The Balaban J connectivity index is 1.99. The normalized spacial score (nSPS) is 11.6. The summed E-state index contributed by atoms with van der Waals surface area (Å²) in [6.07, 6.45) is 0. The van der Waals surface area contributed by atoms with Crippen molar-refractivity contribution in [1.29, 1.82) is 0 Å². The highest BCUT2D eigenvalue weighted by Crippen LogP contribution is 2.33. The van der Waals surface area contributed by atoms with E-state index in [1.807, 2.05) is 12.1 Å². The molecule has 0 bridgehead atoms. The molecule has 0 radical (unpaired) electrons. The minimum absolute atomic E-state index is 0.0353. The van der Waals surface area contributed by atoms with Crippen LogP contribution in [0.1, 0.15) is 49.5 Å². The van der Waals surface area contributed by atoms with Gasteiger partial charge in [0.15, 0.2) is 5.75 Å². The van der Waals surface area contributed by atoms with E-state index in [1.165, 1.54) is 46.8 Å². The zero-order valence-electron chi connectivity index (χ0n) is 19.7. The van der Waals surface area contributed by atoms with Crippen molar-refractivity contribution in [3.63, 3.8) is 0 Å². The number of sulfonamides is 1. The van der Waals surface area contributed by atoms with Crippen LogP contribution in [0.25, 0.3) is 0 Å². The summed E-state index contributed by atoms with van der Waals surface area (Å²) in [5.74, 6) is 0.0904. The third kappa shape index (κ3) is 5.81. The van der Waals surface area contributed by atoms with Gasteiger partial charge >= 0.3 is 0 Å². The SMILES string of the molecule is CCN(CC)S(=O)(=O)c1ccc(Oc2ccc(F)cc2)c(NC(=O)c2ccc(C(C)C)cc2)c1. The van der Waals surface area contributed by atoms with Crippen LogP contribution in [-0.2, 0) is 10.0 Å². The number of benzene rings is 3. The van der Waals surface area contributed by atoms with Crippen molar-refractivity contribution in [2.75, 3.05) is 18.4 Å². The Labute approximate surface area is 200 Å². The summed E-state index contributed by atoms with van der Waals surface area (Å²) in [7, 11) is -3.76. The molecule has 1 amide bonds. The van der Waals surface area contributed by atoms with Crippen molar-refractivity contribution < 1.29 is 22.3 Å². The van der Waals surface area contributed by atoms with E-state index >= 15 is 0 Å². The van der Waals surface area contributed by atoms with Crippen molar-refractivity contribution in [2.45, 2.75) is 38.5 Å². The Morgan fingerprint density at radius 2 is 1.59 bits per heavy atom. The van der Waals surface area contributed by atoms with Gasteiger partial charge in [-0.1, -0.05) is 39.8 Å². The number of carbonyl (C=O) groups excluding carboxylic acids is 1. The molecular weight excluding hydrogens is 455 g/mol. The first-order chi connectivity index (χ1) is 16.1. The lowest BCUT2D eigenvalue weighted by atomic mass is 10.0. The zero-order chi connectivity index (χ0) is 24.9. The maximum absolute atomic E-state index is 13.3. The first-order valence-electron chi connectivity index (χ1n) is 11.1. The van der Waals surface area contributed by atoms with Gasteiger partial charge in [0.05, 0.1) is 10.6 Å². The lowest BCUT2D eigenvalue weighted by molar-refractivity contribution is 0.102. The molecule has 6 nitrogen and oxygen atoms in total. The molecule has 0 aliphatic rings. The third-order valence-electron chi connectivity index (χ3n) is 5.42. The number of amides is 1. The van der Waals surface area contributed by atoms with Crippen LogP contribution in [0.5, 0.6) is 11.5 Å². The topological polar surface area (TPSA) is 75.7 Å². The van der Waals surface area contributed by atoms with E-state index < -0.39 is 21.7 Å². The maximum Gasteiger partial charge on any atom is 0.255 e. The molecule has 0 atom stereocenters. The molecular formula is C26H29FN2O4S. The number of nitrogens with zero attached hydrogens (tertiary/aromatic N) is 1. The Morgan fingerprint density at radius 1 is 0.971 bits per heavy atom. The van der Waals surface area contributed by atoms with Crippen LogP contribution < -0.4 is 10.1 Å². The van der Waals surface area contributed by atoms with E-state index in [4.69, 9.17) is 4.74 Å². The Morgan fingerprint density at radius 3 is 2.15 bits per heavy atom. The molecule has 3 aromatic rings. The number of rotatable bonds is 9. The molecule has 0 saturated carbocycles. The minimum atomic E-state index is -3.76. The number of anilines is 1. The number of ether oxygens (including phenoxy) is 1. The summed E-state index contributed by atoms with van der Waals surface area (Å²) in [4.78, 5) is 13.0. The van der Waals surface area contributed by atoms with Crippen LogP contribution in [0.2, 0.25) is 0 Å². The van der Waals surface area contributed by atoms with Gasteiger partial charge < -0.3 is 10.1 Å². The Hall–Kier alpha value is -3.23. The van der Waals surface area contributed by atoms with Gasteiger partial charge in [-0.2, -0.15) is 4.31 Å². The summed E-state index contributed by atoms with van der Waals surface area (Å²) < 4.78 is 46.5. The first kappa shape index (κ1) is 25.4. The lowest BCUT2D eigenvalue weighted by Gasteiger charge is -2.20. The average molecular weight is 485 g/mol. The molecule has 34 heavy (non-hydrogen) atoms. The van der Waals surface area contributed by atoms with E-state index in [9.17, 15) is 17.6 Å². The highest BCUT2D eigenvalue weighted by Gasteiger charge is 2.24. The molecule has 0 saturated heterocycles. The monoisotopic (exact) mass is 484 g/mol. The van der Waals surface area contributed by atoms with Gasteiger partial charge in [-0.25, -0.2) is 12.8 Å². The van der Waals surface area contributed by atoms with Gasteiger partial charge in [0.1, 0.15) is 11.6 Å². The summed E-state index contributed by atoms with van der Waals surface area (Å²) in [6.45, 7) is 8.28. The van der Waals surface area contributed by atoms with Crippen LogP contribution in [0, 0.1) is 5.82 Å². The summed E-state index contributed by atoms with van der Waals surface area (Å²) in [6, 6.07) is 16.9. The van der Waals surface area contributed by atoms with Gasteiger partial charge in [0.25, 0.3) is 5.91 Å². The molecule has 0 aromatic heterocycles. The highest BCUT2D eigenvalue weighted by molar-refractivity contribution is 7.89. The third-order valence-corrected chi connectivity index (χ3v) is 7.47. The number of hydrogen-bond acceptors (Lipinski definition) is 4. The summed E-state index contributed by atoms with van der Waals surface area (Å²) >= 11 is 0. The van der Waals surface area contributed by atoms with Crippen molar-refractivity contribution in [3.8, 4) is 11.5 Å². The van der Waals surface area contributed by atoms with E-state index in [1.54, 1.807) is 26.0 Å². The average Bonchev–Trinajstić information content (AvgIpc) is 2.82. The van der Waals surface area contributed by atoms with Crippen molar-refractivity contribution >= 4 is 21.6 Å². The fourth-order valence-corrected chi connectivity index (χ4v) is 4.90. The molecule has 0 aliphatic carbocycles. The van der Waals surface area contributed by atoms with Gasteiger partial charge in [-0.3, -0.25) is 4.79 Å². The van der Waals surface area contributed by atoms with Crippen LogP contribution in [-0.4, -0.2) is 31.7 Å². The fraction of sp³-hybridized carbons (Fsp3) is 0.269. The van der Waals surface area contributed by atoms with Crippen molar-refractivity contribution in [3.05, 3.63) is 83.7 Å². The van der Waals surface area contributed by atoms with Crippen LogP contribution >= 0.6 is 0 Å². The molecule has 8 heteroatoms. The molecule has 0 aliphatic heterocycles. The molecule has 0 fully saturated rings. The number of carbonyl (C=O) groups is 1. The quantitative estimate of drug-likeness (QED) is 0.403. The van der Waals surface area contributed by atoms with E-state index in [-0.39, 0.29) is 16.3 Å². The fourth-order valence-electron chi connectivity index (χ4n) is 3.41. The van der Waals surface area contributed by atoms with Crippen LogP contribution in [0.4, 0.5) is 10.1 Å². The Kier molecular flexibility index (Phi) is 8.06. The Bertz CT molecular complexity index is 1240. The zero-order valence-corrected chi connectivity index (χ0v) is 20.5. The van der Waals surface area contributed by atoms with Gasteiger partial charge in [0.2, 0.25) is 10.0 Å². The second-order valence-corrected chi connectivity index (χ2v) is 9.97. The molecule has 0 heterocycles. The summed E-state index contributed by atoms with van der Waals surface area (Å²) in [5, 5.41) is 2.77. The second kappa shape index (κ2) is 10.8. The highest BCUT2D eigenvalue weighted by atomic mass is 32.2. The van der Waals surface area contributed by atoms with Crippen molar-refractivity contribution in [2.24, 2.45) is 0 Å².